The molecule has 1 aliphatic carbocycles. The molecule has 0 aromatic rings. The minimum absolute atomic E-state index is 0.747. The Labute approximate surface area is 111 Å². The third kappa shape index (κ3) is 3.18. The molecule has 0 bridgehead atoms. The second kappa shape index (κ2) is 5.94. The van der Waals surface area contributed by atoms with Crippen molar-refractivity contribution in [1.29, 1.82) is 0 Å². The molecule has 0 aromatic heterocycles. The summed E-state index contributed by atoms with van der Waals surface area (Å²) in [5.74, 6) is 2.28. The predicted molar refractivity (Wildman–Crippen MR) is 77.7 cm³/mol. The molecule has 2 fully saturated rings. The molecule has 1 heterocycles. The second-order valence-electron chi connectivity index (χ2n) is 5.97. The molecule has 2 rings (SSSR count). The normalized spacial score (nSPS) is 28.6. The highest BCUT2D eigenvalue weighted by Gasteiger charge is 2.53. The summed E-state index contributed by atoms with van der Waals surface area (Å²) in [7, 11) is 2.33. The summed E-state index contributed by atoms with van der Waals surface area (Å²) >= 11 is 1.99. The smallest absolute Gasteiger partial charge is 0.0180 e. The van der Waals surface area contributed by atoms with Crippen LogP contribution in [-0.4, -0.2) is 49.6 Å². The molecule has 2 aliphatic rings. The van der Waals surface area contributed by atoms with Crippen LogP contribution < -0.4 is 5.32 Å². The van der Waals surface area contributed by atoms with Crippen LogP contribution in [0.4, 0.5) is 0 Å². The first-order valence-electron chi connectivity index (χ1n) is 7.12. The number of thioether (sulfide) groups is 1. The fourth-order valence-corrected chi connectivity index (χ4v) is 4.35. The Morgan fingerprint density at radius 2 is 2.12 bits per heavy atom. The van der Waals surface area contributed by atoms with Gasteiger partial charge in [-0.25, -0.2) is 0 Å². The van der Waals surface area contributed by atoms with Gasteiger partial charge in [0.1, 0.15) is 0 Å². The zero-order chi connectivity index (χ0) is 12.3. The van der Waals surface area contributed by atoms with Gasteiger partial charge in [0.15, 0.2) is 0 Å². The third-order valence-corrected chi connectivity index (χ3v) is 5.64. The second-order valence-corrected chi connectivity index (χ2v) is 6.88. The van der Waals surface area contributed by atoms with Crippen LogP contribution >= 0.6 is 11.8 Å². The van der Waals surface area contributed by atoms with Gasteiger partial charge in [0.2, 0.25) is 0 Å². The Hall–Kier alpha value is 0.270. The van der Waals surface area contributed by atoms with Gasteiger partial charge in [0.05, 0.1) is 0 Å². The highest BCUT2D eigenvalue weighted by molar-refractivity contribution is 7.98. The predicted octanol–water partition coefficient (Wildman–Crippen LogP) is 2.45. The lowest BCUT2D eigenvalue weighted by Crippen LogP contribution is -2.37. The van der Waals surface area contributed by atoms with Crippen LogP contribution in [0.15, 0.2) is 0 Å². The van der Waals surface area contributed by atoms with Crippen LogP contribution in [0, 0.1) is 11.3 Å². The summed E-state index contributed by atoms with van der Waals surface area (Å²) in [5.41, 5.74) is 0.747. The van der Waals surface area contributed by atoms with Crippen LogP contribution in [0.3, 0.4) is 0 Å². The molecule has 1 aliphatic heterocycles. The van der Waals surface area contributed by atoms with E-state index in [9.17, 15) is 0 Å². The highest BCUT2D eigenvalue weighted by atomic mass is 32.2. The van der Waals surface area contributed by atoms with E-state index in [4.69, 9.17) is 0 Å². The van der Waals surface area contributed by atoms with E-state index in [2.05, 4.69) is 30.4 Å². The molecule has 2 atom stereocenters. The lowest BCUT2D eigenvalue weighted by Gasteiger charge is -2.29. The van der Waals surface area contributed by atoms with Crippen LogP contribution in [0.1, 0.15) is 32.6 Å². The van der Waals surface area contributed by atoms with E-state index in [1.807, 2.05) is 11.8 Å². The summed E-state index contributed by atoms with van der Waals surface area (Å²) in [6, 6.07) is 0.782. The number of hydrogen-bond acceptors (Lipinski definition) is 3. The summed E-state index contributed by atoms with van der Waals surface area (Å²) in [5, 5.41) is 3.49. The van der Waals surface area contributed by atoms with Crippen molar-refractivity contribution in [2.75, 3.05) is 38.7 Å². The van der Waals surface area contributed by atoms with Gasteiger partial charge >= 0.3 is 0 Å². The topological polar surface area (TPSA) is 15.3 Å². The van der Waals surface area contributed by atoms with Gasteiger partial charge in [-0.2, -0.15) is 11.8 Å². The minimum Gasteiger partial charge on any atom is -0.317 e. The number of piperidine rings is 1. The van der Waals surface area contributed by atoms with Crippen molar-refractivity contribution in [2.45, 2.75) is 38.6 Å². The fourth-order valence-electron chi connectivity index (χ4n) is 3.47. The van der Waals surface area contributed by atoms with Crippen molar-refractivity contribution in [1.82, 2.24) is 10.2 Å². The zero-order valence-electron chi connectivity index (χ0n) is 11.7. The first-order valence-corrected chi connectivity index (χ1v) is 8.51. The van der Waals surface area contributed by atoms with Gasteiger partial charge in [-0.15, -0.1) is 0 Å². The lowest BCUT2D eigenvalue weighted by molar-refractivity contribution is 0.217. The van der Waals surface area contributed by atoms with E-state index < -0.39 is 0 Å². The summed E-state index contributed by atoms with van der Waals surface area (Å²) in [4.78, 5) is 2.62. The molecule has 0 aromatic carbocycles. The van der Waals surface area contributed by atoms with Gasteiger partial charge in [-0.05, 0) is 63.4 Å². The molecule has 0 radical (unpaired) electrons. The van der Waals surface area contributed by atoms with Gasteiger partial charge in [0.25, 0.3) is 0 Å². The van der Waals surface area contributed by atoms with E-state index in [0.29, 0.717) is 0 Å². The molecule has 17 heavy (non-hydrogen) atoms. The zero-order valence-corrected chi connectivity index (χ0v) is 12.5. The van der Waals surface area contributed by atoms with E-state index >= 15 is 0 Å². The molecule has 1 spiro atoms. The van der Waals surface area contributed by atoms with Crippen molar-refractivity contribution in [3.63, 3.8) is 0 Å². The molecule has 2 unspecified atom stereocenters. The average Bonchev–Trinajstić information content (AvgIpc) is 2.98. The molecular weight excluding hydrogens is 228 g/mol. The van der Waals surface area contributed by atoms with Crippen LogP contribution in [-0.2, 0) is 0 Å². The quantitative estimate of drug-likeness (QED) is 0.786. The Balaban J connectivity index is 1.78. The Kier molecular flexibility index (Phi) is 4.79. The monoisotopic (exact) mass is 256 g/mol. The van der Waals surface area contributed by atoms with Gasteiger partial charge in [0, 0.05) is 18.3 Å². The van der Waals surface area contributed by atoms with Crippen LogP contribution in [0.5, 0.6) is 0 Å². The first-order chi connectivity index (χ1) is 8.22. The summed E-state index contributed by atoms with van der Waals surface area (Å²) in [6.45, 7) is 6.16. The number of nitrogens with zero attached hydrogens (tertiary/aromatic N) is 1. The molecule has 100 valence electrons. The van der Waals surface area contributed by atoms with Gasteiger partial charge < -0.3 is 10.2 Å². The molecule has 1 N–H and O–H groups in total. The lowest BCUT2D eigenvalue weighted by atomic mass is 9.92. The summed E-state index contributed by atoms with van der Waals surface area (Å²) in [6.07, 6.45) is 7.85. The molecule has 3 heteroatoms. The van der Waals surface area contributed by atoms with Crippen molar-refractivity contribution < 1.29 is 0 Å². The molecule has 2 nitrogen and oxygen atoms in total. The number of nitrogens with one attached hydrogen (secondary N) is 1. The van der Waals surface area contributed by atoms with E-state index in [-0.39, 0.29) is 0 Å². The van der Waals surface area contributed by atoms with E-state index in [0.717, 1.165) is 17.4 Å². The highest BCUT2D eigenvalue weighted by Crippen LogP contribution is 2.58. The molecular formula is C14H28N2S. The fraction of sp³-hybridized carbons (Fsp3) is 1.00. The first kappa shape index (κ1) is 13.7. The summed E-state index contributed by atoms with van der Waals surface area (Å²) < 4.78 is 0. The standard InChI is InChI=1S/C14H28N2S/c1-4-13(11-17-3)16(2)10-12-9-14(12)5-7-15-8-6-14/h12-13,15H,4-11H2,1-3H3. The van der Waals surface area contributed by atoms with Gasteiger partial charge in [-0.3, -0.25) is 0 Å². The number of hydrogen-bond donors (Lipinski definition) is 1. The maximum Gasteiger partial charge on any atom is 0.0180 e. The van der Waals surface area contributed by atoms with Crippen molar-refractivity contribution >= 4 is 11.8 Å². The van der Waals surface area contributed by atoms with Crippen molar-refractivity contribution in [3.8, 4) is 0 Å². The third-order valence-electron chi connectivity index (χ3n) is 4.92. The Morgan fingerprint density at radius 1 is 1.41 bits per heavy atom. The molecule has 0 amide bonds. The largest absolute Gasteiger partial charge is 0.317 e. The van der Waals surface area contributed by atoms with Crippen LogP contribution in [0.25, 0.3) is 0 Å². The van der Waals surface area contributed by atoms with Crippen molar-refractivity contribution in [2.24, 2.45) is 11.3 Å². The van der Waals surface area contributed by atoms with Gasteiger partial charge in [-0.1, -0.05) is 6.92 Å². The SMILES string of the molecule is CCC(CSC)N(C)CC1CC12CCNCC2. The Morgan fingerprint density at radius 3 is 2.71 bits per heavy atom. The van der Waals surface area contributed by atoms with Crippen molar-refractivity contribution in [3.05, 3.63) is 0 Å². The number of rotatable bonds is 6. The maximum absolute atomic E-state index is 3.49. The minimum atomic E-state index is 0.747. The van der Waals surface area contributed by atoms with E-state index in [1.54, 1.807) is 0 Å². The molecule has 1 saturated carbocycles. The molecule has 1 saturated heterocycles. The van der Waals surface area contributed by atoms with E-state index in [1.165, 1.54) is 51.1 Å². The average molecular weight is 256 g/mol. The van der Waals surface area contributed by atoms with Crippen LogP contribution in [0.2, 0.25) is 0 Å². The Bertz CT molecular complexity index is 238. The maximum atomic E-state index is 3.49.